The molecule has 0 amide bonds. The van der Waals surface area contributed by atoms with Crippen molar-refractivity contribution in [3.05, 3.63) is 0 Å². The lowest BCUT2D eigenvalue weighted by atomic mass is 10.2. The van der Waals surface area contributed by atoms with E-state index in [1.807, 2.05) is 0 Å². The summed E-state index contributed by atoms with van der Waals surface area (Å²) < 4.78 is 0. The fraction of sp³-hybridized carbons (Fsp3) is 1.00. The first-order valence-corrected chi connectivity index (χ1v) is 8.13. The monoisotopic (exact) mass is 156 g/mol. The van der Waals surface area contributed by atoms with Crippen molar-refractivity contribution in [1.29, 1.82) is 0 Å². The molecule has 0 aromatic carbocycles. The Labute approximate surface area is 66.0 Å². The van der Waals surface area contributed by atoms with Gasteiger partial charge in [0.15, 0.2) is 0 Å². The predicted octanol–water partition coefficient (Wildman–Crippen LogP) is 3.51. The van der Waals surface area contributed by atoms with Crippen LogP contribution in [0.4, 0.5) is 0 Å². The molecular formula is C9H20Si. The van der Waals surface area contributed by atoms with E-state index in [2.05, 4.69) is 26.6 Å². The lowest BCUT2D eigenvalue weighted by molar-refractivity contribution is 0.704. The molecule has 1 saturated carbocycles. The molecule has 0 saturated heterocycles. The second-order valence-corrected chi connectivity index (χ2v) is 10.2. The maximum atomic E-state index is 2.51. The Bertz CT molecular complexity index is 112. The van der Waals surface area contributed by atoms with Crippen molar-refractivity contribution in [2.75, 3.05) is 0 Å². The molecule has 1 aliphatic carbocycles. The summed E-state index contributed by atoms with van der Waals surface area (Å²) in [5, 5.41) is 0. The molecule has 10 heavy (non-hydrogen) atoms. The number of hydrogen-bond donors (Lipinski definition) is 0. The molecule has 0 heterocycles. The van der Waals surface area contributed by atoms with Crippen LogP contribution in [-0.4, -0.2) is 8.07 Å². The van der Waals surface area contributed by atoms with E-state index in [9.17, 15) is 0 Å². The summed E-state index contributed by atoms with van der Waals surface area (Å²) in [6.45, 7) is 9.83. The lowest BCUT2D eigenvalue weighted by Crippen LogP contribution is -2.20. The maximum absolute atomic E-state index is 2.51. The van der Waals surface area contributed by atoms with Crippen LogP contribution in [0.5, 0.6) is 0 Å². The molecule has 2 atom stereocenters. The Balaban J connectivity index is 2.25. The first kappa shape index (κ1) is 8.31. The number of hydrogen-bond acceptors (Lipinski definition) is 0. The lowest BCUT2D eigenvalue weighted by Gasteiger charge is -2.14. The molecule has 1 aliphatic rings. The van der Waals surface area contributed by atoms with Crippen LogP contribution in [0.2, 0.25) is 25.2 Å². The summed E-state index contributed by atoms with van der Waals surface area (Å²) in [6, 6.07) is 0. The van der Waals surface area contributed by atoms with Gasteiger partial charge >= 0.3 is 0 Å². The Morgan fingerprint density at radius 3 is 2.20 bits per heavy atom. The Morgan fingerprint density at radius 2 is 1.90 bits per heavy atom. The normalized spacial score (nSPS) is 32.4. The van der Waals surface area contributed by atoms with Crippen molar-refractivity contribution >= 4 is 8.07 Å². The topological polar surface area (TPSA) is 0 Å². The second kappa shape index (κ2) is 2.69. The van der Waals surface area contributed by atoms with Crippen LogP contribution < -0.4 is 0 Å². The van der Waals surface area contributed by atoms with Crippen LogP contribution in [0.3, 0.4) is 0 Å². The molecule has 0 aliphatic heterocycles. The standard InChI is InChI=1S/C9H20Si/c1-5-6-8-7-9(8)10(2,3)4/h8-9H,5-7H2,1-4H3/t8-,9?/m0/s1. The van der Waals surface area contributed by atoms with E-state index in [4.69, 9.17) is 0 Å². The van der Waals surface area contributed by atoms with Crippen LogP contribution in [-0.2, 0) is 0 Å². The molecule has 1 unspecified atom stereocenters. The van der Waals surface area contributed by atoms with Gasteiger partial charge in [-0.25, -0.2) is 0 Å². The van der Waals surface area contributed by atoms with Gasteiger partial charge in [0.2, 0.25) is 0 Å². The molecule has 60 valence electrons. The highest BCUT2D eigenvalue weighted by Crippen LogP contribution is 2.53. The minimum absolute atomic E-state index is 0.724. The SMILES string of the molecule is CCC[C@H]1CC1[Si](C)(C)C. The highest BCUT2D eigenvalue weighted by atomic mass is 28.3. The summed E-state index contributed by atoms with van der Waals surface area (Å²) in [7, 11) is -0.724. The first-order chi connectivity index (χ1) is 4.55. The molecule has 0 radical (unpaired) electrons. The first-order valence-electron chi connectivity index (χ1n) is 4.55. The minimum Gasteiger partial charge on any atom is -0.0693 e. The smallest absolute Gasteiger partial charge is 0.0476 e. The molecule has 0 nitrogen and oxygen atoms in total. The van der Waals surface area contributed by atoms with E-state index in [-0.39, 0.29) is 0 Å². The molecule has 0 aromatic rings. The molecule has 0 N–H and O–H groups in total. The molecule has 0 spiro atoms. The third-order valence-electron chi connectivity index (χ3n) is 2.69. The van der Waals surface area contributed by atoms with Gasteiger partial charge < -0.3 is 0 Å². The van der Waals surface area contributed by atoms with Gasteiger partial charge in [0.1, 0.15) is 0 Å². The van der Waals surface area contributed by atoms with Crippen molar-refractivity contribution in [2.45, 2.75) is 51.4 Å². The van der Waals surface area contributed by atoms with Gasteiger partial charge in [0.25, 0.3) is 0 Å². The third-order valence-corrected chi connectivity index (χ3v) is 5.63. The van der Waals surface area contributed by atoms with Gasteiger partial charge in [-0.2, -0.15) is 0 Å². The van der Waals surface area contributed by atoms with Crippen LogP contribution >= 0.6 is 0 Å². The van der Waals surface area contributed by atoms with Gasteiger partial charge in [0.05, 0.1) is 0 Å². The Morgan fingerprint density at radius 1 is 1.30 bits per heavy atom. The molecule has 1 rings (SSSR count). The van der Waals surface area contributed by atoms with E-state index >= 15 is 0 Å². The van der Waals surface area contributed by atoms with E-state index in [0.29, 0.717) is 0 Å². The third kappa shape index (κ3) is 1.85. The fourth-order valence-corrected chi connectivity index (χ4v) is 4.59. The van der Waals surface area contributed by atoms with Crippen LogP contribution in [0.1, 0.15) is 26.2 Å². The van der Waals surface area contributed by atoms with Gasteiger partial charge in [-0.05, 0) is 17.9 Å². The summed E-state index contributed by atoms with van der Waals surface area (Å²) in [5.74, 6) is 1.14. The van der Waals surface area contributed by atoms with Crippen molar-refractivity contribution in [2.24, 2.45) is 5.92 Å². The molecule has 0 bridgehead atoms. The van der Waals surface area contributed by atoms with Gasteiger partial charge in [-0.1, -0.05) is 39.4 Å². The highest BCUT2D eigenvalue weighted by molar-refractivity contribution is 6.78. The highest BCUT2D eigenvalue weighted by Gasteiger charge is 2.44. The maximum Gasteiger partial charge on any atom is 0.0476 e. The Hall–Kier alpha value is 0.217. The minimum atomic E-state index is -0.724. The number of rotatable bonds is 3. The summed E-state index contributed by atoms with van der Waals surface area (Å²) >= 11 is 0. The van der Waals surface area contributed by atoms with Crippen LogP contribution in [0.25, 0.3) is 0 Å². The van der Waals surface area contributed by atoms with Crippen molar-refractivity contribution in [1.82, 2.24) is 0 Å². The summed E-state index contributed by atoms with van der Waals surface area (Å²) in [5.41, 5.74) is 1.17. The Kier molecular flexibility index (Phi) is 2.23. The molecule has 1 heteroatoms. The molecular weight excluding hydrogens is 136 g/mol. The van der Waals surface area contributed by atoms with Gasteiger partial charge in [0, 0.05) is 8.07 Å². The zero-order valence-corrected chi connectivity index (χ0v) is 8.78. The zero-order chi connectivity index (χ0) is 7.78. The fourth-order valence-electron chi connectivity index (χ4n) is 2.00. The zero-order valence-electron chi connectivity index (χ0n) is 7.78. The predicted molar refractivity (Wildman–Crippen MR) is 50.1 cm³/mol. The average molecular weight is 156 g/mol. The van der Waals surface area contributed by atoms with E-state index in [1.165, 1.54) is 18.4 Å². The van der Waals surface area contributed by atoms with Gasteiger partial charge in [-0.3, -0.25) is 0 Å². The average Bonchev–Trinajstić information content (AvgIpc) is 2.44. The quantitative estimate of drug-likeness (QED) is 0.549. The summed E-state index contributed by atoms with van der Waals surface area (Å²) in [4.78, 5) is 0. The van der Waals surface area contributed by atoms with Crippen LogP contribution in [0.15, 0.2) is 0 Å². The van der Waals surface area contributed by atoms with Crippen molar-refractivity contribution in [3.8, 4) is 0 Å². The van der Waals surface area contributed by atoms with E-state index in [1.54, 1.807) is 6.42 Å². The van der Waals surface area contributed by atoms with Crippen molar-refractivity contribution in [3.63, 3.8) is 0 Å². The molecule has 1 fully saturated rings. The summed E-state index contributed by atoms with van der Waals surface area (Å²) in [6.07, 6.45) is 4.45. The van der Waals surface area contributed by atoms with Gasteiger partial charge in [-0.15, -0.1) is 0 Å². The van der Waals surface area contributed by atoms with E-state index in [0.717, 1.165) is 5.92 Å². The molecule has 0 aromatic heterocycles. The van der Waals surface area contributed by atoms with E-state index < -0.39 is 8.07 Å². The van der Waals surface area contributed by atoms with Crippen LogP contribution in [0, 0.1) is 5.92 Å². The largest absolute Gasteiger partial charge is 0.0693 e. The van der Waals surface area contributed by atoms with Crippen molar-refractivity contribution < 1.29 is 0 Å². The second-order valence-electron chi connectivity index (χ2n) is 4.76.